The van der Waals surface area contributed by atoms with E-state index in [1.54, 1.807) is 16.7 Å². The van der Waals surface area contributed by atoms with Crippen molar-refractivity contribution >= 4 is 22.4 Å². The number of pyridine rings is 1. The summed E-state index contributed by atoms with van der Waals surface area (Å²) in [6.07, 6.45) is -4.71. The Bertz CT molecular complexity index is 1500. The quantitative estimate of drug-likeness (QED) is 0.312. The molecule has 1 saturated heterocycles. The molecule has 5 N–H and O–H groups in total. The van der Waals surface area contributed by atoms with E-state index in [9.17, 15) is 30.0 Å². The van der Waals surface area contributed by atoms with Gasteiger partial charge in [0.1, 0.15) is 42.3 Å². The lowest BCUT2D eigenvalue weighted by molar-refractivity contribution is -0.277. The number of allylic oxidation sites excluding steroid dienone is 1. The number of para-hydroxylation sites is 1. The Labute approximate surface area is 210 Å². The smallest absolute Gasteiger partial charge is 0.344 e. The molecule has 5 atom stereocenters. The number of hydrogen-bond donors (Lipinski definition) is 5. The molecule has 11 nitrogen and oxygen atoms in total. The summed E-state index contributed by atoms with van der Waals surface area (Å²) in [6.45, 7) is 1.73. The number of cyclic esters (lactones) is 1. The van der Waals surface area contributed by atoms with Gasteiger partial charge >= 0.3 is 5.97 Å². The number of rotatable bonds is 3. The lowest BCUT2D eigenvalue weighted by Crippen LogP contribution is -2.60. The topological polar surface area (TPSA) is 163 Å². The van der Waals surface area contributed by atoms with Crippen LogP contribution in [0.3, 0.4) is 0 Å². The van der Waals surface area contributed by atoms with Crippen molar-refractivity contribution in [2.45, 2.75) is 50.6 Å². The molecule has 5 heterocycles. The Morgan fingerprint density at radius 2 is 2.00 bits per heavy atom. The number of carbonyl (C=O) groups is 1. The summed E-state index contributed by atoms with van der Waals surface area (Å²) in [5.41, 5.74) is 3.84. The second kappa shape index (κ2) is 8.82. The van der Waals surface area contributed by atoms with Crippen LogP contribution in [0, 0.1) is 0 Å². The van der Waals surface area contributed by atoms with E-state index in [0.29, 0.717) is 41.2 Å². The SMILES string of the molecule is C/C=C1/COC(=O)c2c1cc1n(c2=O)CCc2c-1[nH]c1c(O[C@@H]3O[C@H](CO)[C@@H](O)[C@H](O)[C@H]3O)cccc21. The second-order valence-electron chi connectivity index (χ2n) is 9.39. The standard InChI is InChI=1S/C26H26N2O9/c1-2-11-10-35-25(34)18-14(11)8-15-19-13(6-7-28(15)24(18)33)12-4-3-5-16(20(12)27-19)36-26-23(32)22(31)21(30)17(9-29)37-26/h2-5,8,17,21-23,26-27,29-32H,6-7,9-10H2,1H3/b11-2-/t17-,21-,22+,23-,26-/m1/s1. The number of aliphatic hydroxyl groups excluding tert-OH is 4. The maximum atomic E-state index is 13.3. The highest BCUT2D eigenvalue weighted by molar-refractivity contribution is 6.00. The Morgan fingerprint density at radius 1 is 1.19 bits per heavy atom. The van der Waals surface area contributed by atoms with Gasteiger partial charge in [0.05, 0.1) is 23.5 Å². The van der Waals surface area contributed by atoms with Gasteiger partial charge in [0.2, 0.25) is 6.29 Å². The second-order valence-corrected chi connectivity index (χ2v) is 9.39. The van der Waals surface area contributed by atoms with E-state index in [1.807, 2.05) is 25.1 Å². The van der Waals surface area contributed by atoms with Crippen molar-refractivity contribution in [1.82, 2.24) is 9.55 Å². The third kappa shape index (κ3) is 3.54. The molecule has 1 fully saturated rings. The van der Waals surface area contributed by atoms with Gasteiger partial charge in [0.25, 0.3) is 5.56 Å². The lowest BCUT2D eigenvalue weighted by atomic mass is 9.94. The third-order valence-electron chi connectivity index (χ3n) is 7.39. The average molecular weight is 510 g/mol. The predicted molar refractivity (Wildman–Crippen MR) is 130 cm³/mol. The summed E-state index contributed by atoms with van der Waals surface area (Å²) >= 11 is 0. The zero-order chi connectivity index (χ0) is 26.0. The van der Waals surface area contributed by atoms with Crippen molar-refractivity contribution in [2.75, 3.05) is 13.2 Å². The van der Waals surface area contributed by atoms with Crippen LogP contribution in [-0.2, 0) is 22.4 Å². The molecule has 3 aliphatic heterocycles. The van der Waals surface area contributed by atoms with E-state index in [0.717, 1.165) is 16.5 Å². The van der Waals surface area contributed by atoms with E-state index in [2.05, 4.69) is 4.98 Å². The number of benzene rings is 1. The van der Waals surface area contributed by atoms with Crippen LogP contribution in [0.4, 0.5) is 0 Å². The first-order valence-electron chi connectivity index (χ1n) is 12.1. The third-order valence-corrected chi connectivity index (χ3v) is 7.39. The number of aromatic amines is 1. The normalized spacial score (nSPS) is 28.0. The number of aryl methyl sites for hydroxylation is 1. The molecular weight excluding hydrogens is 484 g/mol. The van der Waals surface area contributed by atoms with Gasteiger partial charge in [0, 0.05) is 17.5 Å². The van der Waals surface area contributed by atoms with Gasteiger partial charge in [-0.15, -0.1) is 0 Å². The molecule has 0 bridgehead atoms. The number of esters is 1. The fourth-order valence-electron chi connectivity index (χ4n) is 5.39. The fourth-order valence-corrected chi connectivity index (χ4v) is 5.39. The van der Waals surface area contributed by atoms with Crippen molar-refractivity contribution < 1.29 is 39.4 Å². The van der Waals surface area contributed by atoms with Crippen LogP contribution < -0.4 is 10.3 Å². The number of H-pyrrole nitrogens is 1. The molecule has 0 radical (unpaired) electrons. The molecule has 0 amide bonds. The summed E-state index contributed by atoms with van der Waals surface area (Å²) in [5.74, 6) is -0.306. The van der Waals surface area contributed by atoms with Crippen molar-refractivity contribution in [2.24, 2.45) is 0 Å². The Kier molecular flexibility index (Phi) is 5.70. The minimum Gasteiger partial charge on any atom is -0.460 e. The van der Waals surface area contributed by atoms with Crippen LogP contribution in [0.2, 0.25) is 0 Å². The number of nitrogens with one attached hydrogen (secondary N) is 1. The number of carbonyl (C=O) groups excluding carboxylic acids is 1. The summed E-state index contributed by atoms with van der Waals surface area (Å²) < 4.78 is 18.2. The molecule has 37 heavy (non-hydrogen) atoms. The minimum atomic E-state index is -1.57. The number of fused-ring (bicyclic) bond motifs is 6. The molecule has 0 spiro atoms. The van der Waals surface area contributed by atoms with Crippen LogP contribution in [0.5, 0.6) is 5.75 Å². The lowest BCUT2D eigenvalue weighted by Gasteiger charge is -2.39. The Morgan fingerprint density at radius 3 is 2.76 bits per heavy atom. The summed E-state index contributed by atoms with van der Waals surface area (Å²) in [6, 6.07) is 7.18. The number of aliphatic hydroxyl groups is 4. The monoisotopic (exact) mass is 510 g/mol. The van der Waals surface area contributed by atoms with Gasteiger partial charge in [-0.1, -0.05) is 18.2 Å². The molecule has 3 aromatic rings. The number of hydrogen-bond acceptors (Lipinski definition) is 9. The van der Waals surface area contributed by atoms with Crippen molar-refractivity contribution in [1.29, 1.82) is 0 Å². The predicted octanol–water partition coefficient (Wildman–Crippen LogP) is 0.305. The van der Waals surface area contributed by atoms with Crippen molar-refractivity contribution in [3.8, 4) is 17.1 Å². The molecule has 11 heteroatoms. The van der Waals surface area contributed by atoms with E-state index < -0.39 is 48.8 Å². The molecule has 2 aromatic heterocycles. The Balaban J connectivity index is 1.45. The van der Waals surface area contributed by atoms with Gasteiger partial charge < -0.3 is 44.2 Å². The zero-order valence-corrected chi connectivity index (χ0v) is 19.9. The van der Waals surface area contributed by atoms with Crippen LogP contribution in [0.25, 0.3) is 27.9 Å². The van der Waals surface area contributed by atoms with Crippen molar-refractivity contribution in [3.63, 3.8) is 0 Å². The number of aromatic nitrogens is 2. The van der Waals surface area contributed by atoms with E-state index in [-0.39, 0.29) is 12.2 Å². The molecule has 194 valence electrons. The van der Waals surface area contributed by atoms with Gasteiger partial charge in [0.15, 0.2) is 0 Å². The highest BCUT2D eigenvalue weighted by Gasteiger charge is 2.45. The van der Waals surface area contributed by atoms with Gasteiger partial charge in [-0.3, -0.25) is 4.79 Å². The molecule has 0 saturated carbocycles. The van der Waals surface area contributed by atoms with Crippen LogP contribution >= 0.6 is 0 Å². The molecule has 0 aliphatic carbocycles. The highest BCUT2D eigenvalue weighted by Crippen LogP contribution is 2.39. The van der Waals surface area contributed by atoms with Crippen LogP contribution in [0.15, 0.2) is 35.1 Å². The maximum absolute atomic E-state index is 13.3. The van der Waals surface area contributed by atoms with E-state index in [1.165, 1.54) is 0 Å². The highest BCUT2D eigenvalue weighted by atomic mass is 16.7. The first-order chi connectivity index (χ1) is 17.8. The van der Waals surface area contributed by atoms with Gasteiger partial charge in [-0.2, -0.15) is 0 Å². The fraction of sp³-hybridized carbons (Fsp3) is 0.385. The van der Waals surface area contributed by atoms with Crippen molar-refractivity contribution in [3.05, 3.63) is 57.4 Å². The average Bonchev–Trinajstić information content (AvgIpc) is 3.29. The van der Waals surface area contributed by atoms with Crippen LogP contribution in [0.1, 0.15) is 28.4 Å². The minimum absolute atomic E-state index is 0.0364. The summed E-state index contributed by atoms with van der Waals surface area (Å²) in [7, 11) is 0. The van der Waals surface area contributed by atoms with E-state index >= 15 is 0 Å². The number of nitrogens with zero attached hydrogens (tertiary/aromatic N) is 1. The van der Waals surface area contributed by atoms with Gasteiger partial charge in [-0.05, 0) is 36.6 Å². The molecular formula is C26H26N2O9. The van der Waals surface area contributed by atoms with Gasteiger partial charge in [-0.25, -0.2) is 4.79 Å². The first kappa shape index (κ1) is 23.9. The maximum Gasteiger partial charge on any atom is 0.344 e. The molecule has 0 unspecified atom stereocenters. The Hall–Kier alpha value is -3.48. The summed E-state index contributed by atoms with van der Waals surface area (Å²) in [4.78, 5) is 29.1. The molecule has 3 aliphatic rings. The first-order valence-corrected chi connectivity index (χ1v) is 12.1. The molecule has 1 aromatic carbocycles. The van der Waals surface area contributed by atoms with Crippen LogP contribution in [-0.4, -0.2) is 79.9 Å². The molecule has 6 rings (SSSR count). The summed E-state index contributed by atoms with van der Waals surface area (Å²) in [5, 5.41) is 41.0. The zero-order valence-electron chi connectivity index (χ0n) is 19.9. The number of ether oxygens (including phenoxy) is 3. The largest absolute Gasteiger partial charge is 0.460 e. The van der Waals surface area contributed by atoms with E-state index in [4.69, 9.17) is 14.2 Å².